The van der Waals surface area contributed by atoms with E-state index < -0.39 is 15.5 Å². The van der Waals surface area contributed by atoms with Gasteiger partial charge in [0.05, 0.1) is 5.69 Å². The van der Waals surface area contributed by atoms with Crippen molar-refractivity contribution < 1.29 is 21.6 Å². The summed E-state index contributed by atoms with van der Waals surface area (Å²) in [6, 6.07) is 7.06. The minimum Gasteiger partial charge on any atom is -0.213 e. The molecule has 0 saturated heterocycles. The molecule has 0 unspecified atom stereocenters. The van der Waals surface area contributed by atoms with E-state index in [9.17, 15) is 21.6 Å². The minimum atomic E-state index is -5.43. The second kappa shape index (κ2) is 4.53. The summed E-state index contributed by atoms with van der Waals surface area (Å²) in [6.07, 6.45) is 0. The Morgan fingerprint density at radius 2 is 1.53 bits per heavy atom. The first-order chi connectivity index (χ1) is 7.68. The van der Waals surface area contributed by atoms with Gasteiger partial charge in [-0.05, 0) is 12.1 Å². The summed E-state index contributed by atoms with van der Waals surface area (Å²) in [4.78, 5) is 0. The highest BCUT2D eigenvalue weighted by Gasteiger charge is 2.51. The van der Waals surface area contributed by atoms with Gasteiger partial charge in [0.25, 0.3) is 0 Å². The van der Waals surface area contributed by atoms with E-state index in [1.54, 1.807) is 6.07 Å². The normalized spacial score (nSPS) is 12.8. The molecule has 1 aromatic rings. The van der Waals surface area contributed by atoms with Crippen molar-refractivity contribution in [1.82, 2.24) is 5.01 Å². The third-order valence-corrected chi connectivity index (χ3v) is 3.44. The zero-order valence-electron chi connectivity index (χ0n) is 9.14. The van der Waals surface area contributed by atoms with Gasteiger partial charge in [0, 0.05) is 14.1 Å². The van der Waals surface area contributed by atoms with Crippen LogP contribution >= 0.6 is 0 Å². The van der Waals surface area contributed by atoms with Gasteiger partial charge >= 0.3 is 15.5 Å². The van der Waals surface area contributed by atoms with E-state index in [4.69, 9.17) is 0 Å². The van der Waals surface area contributed by atoms with Gasteiger partial charge < -0.3 is 0 Å². The molecule has 1 aromatic carbocycles. The van der Waals surface area contributed by atoms with Crippen molar-refractivity contribution in [3.05, 3.63) is 30.3 Å². The number of rotatable bonds is 3. The first kappa shape index (κ1) is 13.8. The summed E-state index contributed by atoms with van der Waals surface area (Å²) in [5, 5.41) is 0.859. The molecule has 17 heavy (non-hydrogen) atoms. The summed E-state index contributed by atoms with van der Waals surface area (Å²) in [5.74, 6) is 0. The van der Waals surface area contributed by atoms with Crippen molar-refractivity contribution >= 4 is 15.7 Å². The van der Waals surface area contributed by atoms with Crippen molar-refractivity contribution in [3.8, 4) is 0 Å². The number of hydrogen-bond donors (Lipinski definition) is 0. The van der Waals surface area contributed by atoms with Gasteiger partial charge in [-0.25, -0.2) is 5.01 Å². The third-order valence-electron chi connectivity index (χ3n) is 1.86. The lowest BCUT2D eigenvalue weighted by Gasteiger charge is -2.30. The first-order valence-electron chi connectivity index (χ1n) is 4.52. The van der Waals surface area contributed by atoms with Crippen LogP contribution in [-0.4, -0.2) is 33.0 Å². The Morgan fingerprint density at radius 3 is 1.88 bits per heavy atom. The van der Waals surface area contributed by atoms with Crippen LogP contribution in [0.3, 0.4) is 0 Å². The lowest BCUT2D eigenvalue weighted by molar-refractivity contribution is -0.0449. The average molecular weight is 268 g/mol. The van der Waals surface area contributed by atoms with Gasteiger partial charge in [0.2, 0.25) is 0 Å². The molecule has 4 nitrogen and oxygen atoms in total. The van der Waals surface area contributed by atoms with Crippen molar-refractivity contribution in [2.75, 3.05) is 18.5 Å². The molecule has 0 amide bonds. The summed E-state index contributed by atoms with van der Waals surface area (Å²) in [5.41, 5.74) is -5.41. The number of hydrazine groups is 1. The Morgan fingerprint density at radius 1 is 1.06 bits per heavy atom. The van der Waals surface area contributed by atoms with E-state index in [2.05, 4.69) is 0 Å². The monoisotopic (exact) mass is 268 g/mol. The largest absolute Gasteiger partial charge is 0.518 e. The first-order valence-corrected chi connectivity index (χ1v) is 5.96. The van der Waals surface area contributed by atoms with Crippen LogP contribution in [0.5, 0.6) is 0 Å². The highest BCUT2D eigenvalue weighted by Crippen LogP contribution is 2.30. The second-order valence-corrected chi connectivity index (χ2v) is 5.14. The zero-order chi connectivity index (χ0) is 13.3. The van der Waals surface area contributed by atoms with Crippen molar-refractivity contribution in [3.63, 3.8) is 0 Å². The number of alkyl halides is 3. The van der Waals surface area contributed by atoms with Gasteiger partial charge in [0.15, 0.2) is 0 Å². The maximum Gasteiger partial charge on any atom is 0.518 e. The molecule has 0 N–H and O–H groups in total. The van der Waals surface area contributed by atoms with Gasteiger partial charge in [-0.15, -0.1) is 0 Å². The molecule has 0 aliphatic carbocycles. The number of halogens is 3. The molecule has 0 aliphatic heterocycles. The van der Waals surface area contributed by atoms with Crippen molar-refractivity contribution in [2.45, 2.75) is 5.51 Å². The van der Waals surface area contributed by atoms with Crippen LogP contribution in [0.4, 0.5) is 18.9 Å². The fourth-order valence-corrected chi connectivity index (χ4v) is 2.26. The van der Waals surface area contributed by atoms with E-state index in [0.29, 0.717) is 0 Å². The molecule has 0 fully saturated rings. The molecule has 0 atom stereocenters. The van der Waals surface area contributed by atoms with Crippen LogP contribution in [0.25, 0.3) is 0 Å². The molecule has 8 heteroatoms. The van der Waals surface area contributed by atoms with E-state index in [0.717, 1.165) is 5.01 Å². The number of para-hydroxylation sites is 1. The van der Waals surface area contributed by atoms with Crippen LogP contribution < -0.4 is 4.41 Å². The Bertz CT molecular complexity index is 471. The van der Waals surface area contributed by atoms with Crippen LogP contribution in [0.1, 0.15) is 0 Å². The van der Waals surface area contributed by atoms with E-state index in [1.165, 1.54) is 38.4 Å². The highest BCUT2D eigenvalue weighted by atomic mass is 32.2. The van der Waals surface area contributed by atoms with Crippen LogP contribution in [0.2, 0.25) is 0 Å². The molecule has 96 valence electrons. The molecule has 0 bridgehead atoms. The maximum atomic E-state index is 12.5. The lowest BCUT2D eigenvalue weighted by atomic mass is 10.3. The van der Waals surface area contributed by atoms with Crippen molar-refractivity contribution in [1.29, 1.82) is 0 Å². The quantitative estimate of drug-likeness (QED) is 0.785. The number of benzene rings is 1. The SMILES string of the molecule is CN(C)N(c1ccccc1)S(=O)(=O)C(F)(F)F. The lowest BCUT2D eigenvalue weighted by Crippen LogP contribution is -2.48. The zero-order valence-corrected chi connectivity index (χ0v) is 9.96. The Labute approximate surface area is 97.3 Å². The van der Waals surface area contributed by atoms with Gasteiger partial charge in [-0.3, -0.25) is 0 Å². The number of anilines is 1. The van der Waals surface area contributed by atoms with Crippen LogP contribution in [0, 0.1) is 0 Å². The van der Waals surface area contributed by atoms with Crippen LogP contribution in [-0.2, 0) is 10.0 Å². The number of hydrogen-bond acceptors (Lipinski definition) is 3. The third kappa shape index (κ3) is 2.70. The Kier molecular flexibility index (Phi) is 3.68. The van der Waals surface area contributed by atoms with Crippen molar-refractivity contribution in [2.24, 2.45) is 0 Å². The summed E-state index contributed by atoms with van der Waals surface area (Å²) >= 11 is 0. The predicted octanol–water partition coefficient (Wildman–Crippen LogP) is 1.82. The smallest absolute Gasteiger partial charge is 0.213 e. The van der Waals surface area contributed by atoms with Gasteiger partial charge in [-0.1, -0.05) is 18.2 Å². The molecule has 0 heterocycles. The fourth-order valence-electron chi connectivity index (χ4n) is 1.24. The fraction of sp³-hybridized carbons (Fsp3) is 0.333. The summed E-state index contributed by atoms with van der Waals surface area (Å²) < 4.78 is 60.3. The standard InChI is InChI=1S/C9H11F3N2O2S/c1-13(2)14(8-6-4-3-5-7-8)17(15,16)9(10,11)12/h3-7H,1-2H3. The summed E-state index contributed by atoms with van der Waals surface area (Å²) in [6.45, 7) is 0. The molecule has 0 radical (unpaired) electrons. The van der Waals surface area contributed by atoms with Gasteiger partial charge in [0.1, 0.15) is 0 Å². The highest BCUT2D eigenvalue weighted by molar-refractivity contribution is 7.93. The maximum absolute atomic E-state index is 12.5. The summed E-state index contributed by atoms with van der Waals surface area (Å²) in [7, 11) is -2.99. The van der Waals surface area contributed by atoms with Gasteiger partial charge in [-0.2, -0.15) is 26.0 Å². The predicted molar refractivity (Wildman–Crippen MR) is 57.6 cm³/mol. The Balaban J connectivity index is 3.31. The van der Waals surface area contributed by atoms with Crippen LogP contribution in [0.15, 0.2) is 30.3 Å². The molecule has 0 spiro atoms. The second-order valence-electron chi connectivity index (χ2n) is 3.38. The van der Waals surface area contributed by atoms with E-state index in [-0.39, 0.29) is 10.1 Å². The Hall–Kier alpha value is -1.28. The number of nitrogens with zero attached hydrogens (tertiary/aromatic N) is 2. The molecule has 0 aliphatic rings. The van der Waals surface area contributed by atoms with E-state index >= 15 is 0 Å². The molecular formula is C9H11F3N2O2S. The molecule has 1 rings (SSSR count). The number of sulfonamides is 1. The molecular weight excluding hydrogens is 257 g/mol. The molecule has 0 saturated carbocycles. The minimum absolute atomic E-state index is 0.0742. The average Bonchev–Trinajstić information content (AvgIpc) is 2.16. The van der Waals surface area contributed by atoms with E-state index in [1.807, 2.05) is 0 Å². The molecule has 0 aromatic heterocycles. The topological polar surface area (TPSA) is 40.6 Å².